The molecule has 0 bridgehead atoms. The Labute approximate surface area is 128 Å². The molecule has 0 spiro atoms. The van der Waals surface area contributed by atoms with Gasteiger partial charge in [-0.25, -0.2) is 0 Å². The monoisotopic (exact) mass is 344 g/mol. The summed E-state index contributed by atoms with van der Waals surface area (Å²) in [4.78, 5) is 12.5. The molecule has 0 aliphatic heterocycles. The Balaban J connectivity index is 2.39. The van der Waals surface area contributed by atoms with Crippen LogP contribution in [0.4, 0.5) is 0 Å². The second kappa shape index (κ2) is 9.43. The molecule has 0 aliphatic carbocycles. The molecule has 0 aromatic heterocycles. The number of halogens is 1. The van der Waals surface area contributed by atoms with Gasteiger partial charge in [-0.3, -0.25) is 4.79 Å². The van der Waals surface area contributed by atoms with Crippen molar-refractivity contribution in [3.05, 3.63) is 29.3 Å². The number of benzene rings is 1. The quantitative estimate of drug-likeness (QED) is 0.299. The molecule has 2 nitrogen and oxygen atoms in total. The van der Waals surface area contributed by atoms with Gasteiger partial charge in [-0.05, 0) is 48.8 Å². The fourth-order valence-electron chi connectivity index (χ4n) is 1.80. The molecule has 0 fully saturated rings. The molecule has 0 atom stereocenters. The number of alkyl halides is 1. The van der Waals surface area contributed by atoms with Crippen LogP contribution in [-0.2, 0) is 21.3 Å². The molecule has 1 rings (SSSR count). The van der Waals surface area contributed by atoms with Crippen molar-refractivity contribution in [1.82, 2.24) is 0 Å². The number of carbonyl (C=O) groups is 1. The van der Waals surface area contributed by atoms with E-state index in [1.807, 2.05) is 6.92 Å². The molecule has 0 heterocycles. The molecular weight excluding hydrogens is 324 g/mol. The summed E-state index contributed by atoms with van der Waals surface area (Å²) in [5.41, 5.74) is 2.76. The van der Waals surface area contributed by atoms with E-state index in [0.29, 0.717) is 13.0 Å². The van der Waals surface area contributed by atoms with Crippen LogP contribution in [0.5, 0.6) is 0 Å². The third kappa shape index (κ3) is 6.00. The van der Waals surface area contributed by atoms with Crippen LogP contribution in [0.15, 0.2) is 23.1 Å². The van der Waals surface area contributed by atoms with Crippen molar-refractivity contribution >= 4 is 33.7 Å². The zero-order valence-corrected chi connectivity index (χ0v) is 14.0. The SMILES string of the molecule is CCOC(=O)CCCSc1ccc(CC)c(CBr)c1. The Morgan fingerprint density at radius 2 is 2.11 bits per heavy atom. The van der Waals surface area contributed by atoms with Crippen LogP contribution in [0.1, 0.15) is 37.8 Å². The molecule has 0 saturated carbocycles. The summed E-state index contributed by atoms with van der Waals surface area (Å²) < 4.78 is 4.91. The van der Waals surface area contributed by atoms with Gasteiger partial charge in [-0.2, -0.15) is 0 Å². The van der Waals surface area contributed by atoms with Gasteiger partial charge in [0.05, 0.1) is 6.61 Å². The number of thioether (sulfide) groups is 1. The number of hydrogen-bond acceptors (Lipinski definition) is 3. The molecular formula is C15H21BrO2S. The van der Waals surface area contributed by atoms with Crippen molar-refractivity contribution in [1.29, 1.82) is 0 Å². The largest absolute Gasteiger partial charge is 0.466 e. The minimum Gasteiger partial charge on any atom is -0.466 e. The maximum atomic E-state index is 11.2. The van der Waals surface area contributed by atoms with Crippen molar-refractivity contribution in [3.8, 4) is 0 Å². The average molecular weight is 345 g/mol. The summed E-state index contributed by atoms with van der Waals surface area (Å²) in [6.07, 6.45) is 2.44. The highest BCUT2D eigenvalue weighted by molar-refractivity contribution is 9.08. The molecule has 4 heteroatoms. The lowest BCUT2D eigenvalue weighted by Gasteiger charge is -2.08. The van der Waals surface area contributed by atoms with Crippen molar-refractivity contribution in [2.24, 2.45) is 0 Å². The first-order chi connectivity index (χ1) is 9.21. The predicted octanol–water partition coefficient (Wildman–Crippen LogP) is 4.58. The average Bonchev–Trinajstić information content (AvgIpc) is 2.43. The molecule has 0 N–H and O–H groups in total. The van der Waals surface area contributed by atoms with Gasteiger partial charge in [-0.15, -0.1) is 11.8 Å². The molecule has 1 aromatic rings. The summed E-state index contributed by atoms with van der Waals surface area (Å²) in [7, 11) is 0. The second-order valence-electron chi connectivity index (χ2n) is 4.17. The topological polar surface area (TPSA) is 26.3 Å². The van der Waals surface area contributed by atoms with Crippen LogP contribution >= 0.6 is 27.7 Å². The maximum Gasteiger partial charge on any atom is 0.305 e. The molecule has 0 saturated heterocycles. The third-order valence-electron chi connectivity index (χ3n) is 2.80. The van der Waals surface area contributed by atoms with E-state index in [0.717, 1.165) is 23.9 Å². The fraction of sp³-hybridized carbons (Fsp3) is 0.533. The summed E-state index contributed by atoms with van der Waals surface area (Å²) >= 11 is 5.33. The van der Waals surface area contributed by atoms with Crippen molar-refractivity contribution in [2.45, 2.75) is 43.3 Å². The first-order valence-corrected chi connectivity index (χ1v) is 8.78. The van der Waals surface area contributed by atoms with Gasteiger partial charge in [0.15, 0.2) is 0 Å². The lowest BCUT2D eigenvalue weighted by atomic mass is 10.1. The van der Waals surface area contributed by atoms with Gasteiger partial charge in [0.25, 0.3) is 0 Å². The van der Waals surface area contributed by atoms with Crippen LogP contribution in [0.25, 0.3) is 0 Å². The number of ether oxygens (including phenoxy) is 1. The van der Waals surface area contributed by atoms with Crippen LogP contribution < -0.4 is 0 Å². The zero-order valence-electron chi connectivity index (χ0n) is 11.6. The minimum atomic E-state index is -0.0921. The molecule has 0 radical (unpaired) electrons. The Bertz CT molecular complexity index is 407. The zero-order chi connectivity index (χ0) is 14.1. The van der Waals surface area contributed by atoms with Crippen LogP contribution in [-0.4, -0.2) is 18.3 Å². The highest BCUT2D eigenvalue weighted by Gasteiger charge is 2.04. The van der Waals surface area contributed by atoms with Crippen molar-refractivity contribution in [3.63, 3.8) is 0 Å². The van der Waals surface area contributed by atoms with E-state index in [2.05, 4.69) is 41.1 Å². The van der Waals surface area contributed by atoms with Gasteiger partial charge >= 0.3 is 5.97 Å². The number of rotatable bonds is 8. The minimum absolute atomic E-state index is 0.0921. The number of hydrogen-bond donors (Lipinski definition) is 0. The molecule has 0 amide bonds. The maximum absolute atomic E-state index is 11.2. The Morgan fingerprint density at radius 3 is 2.74 bits per heavy atom. The summed E-state index contributed by atoms with van der Waals surface area (Å²) in [5.74, 6) is 0.858. The second-order valence-corrected chi connectivity index (χ2v) is 5.90. The summed E-state index contributed by atoms with van der Waals surface area (Å²) in [5, 5.41) is 0.896. The number of esters is 1. The van der Waals surface area contributed by atoms with Crippen molar-refractivity contribution in [2.75, 3.05) is 12.4 Å². The van der Waals surface area contributed by atoms with E-state index in [9.17, 15) is 4.79 Å². The first kappa shape index (κ1) is 16.6. The summed E-state index contributed by atoms with van der Waals surface area (Å²) in [6, 6.07) is 6.60. The Hall–Kier alpha value is -0.480. The smallest absolute Gasteiger partial charge is 0.305 e. The normalized spacial score (nSPS) is 10.5. The molecule has 0 unspecified atom stereocenters. The lowest BCUT2D eigenvalue weighted by molar-refractivity contribution is -0.143. The molecule has 106 valence electrons. The van der Waals surface area contributed by atoms with E-state index in [1.165, 1.54) is 16.0 Å². The summed E-state index contributed by atoms with van der Waals surface area (Å²) in [6.45, 7) is 4.48. The third-order valence-corrected chi connectivity index (χ3v) is 4.49. The first-order valence-electron chi connectivity index (χ1n) is 6.67. The van der Waals surface area contributed by atoms with E-state index in [1.54, 1.807) is 11.8 Å². The molecule has 1 aromatic carbocycles. The highest BCUT2D eigenvalue weighted by atomic mass is 79.9. The van der Waals surface area contributed by atoms with Crippen LogP contribution in [0.3, 0.4) is 0 Å². The Morgan fingerprint density at radius 1 is 1.32 bits per heavy atom. The Kier molecular flexibility index (Phi) is 8.22. The van der Waals surface area contributed by atoms with E-state index in [-0.39, 0.29) is 5.97 Å². The van der Waals surface area contributed by atoms with Crippen molar-refractivity contribution < 1.29 is 9.53 Å². The highest BCUT2D eigenvalue weighted by Crippen LogP contribution is 2.24. The van der Waals surface area contributed by atoms with Crippen LogP contribution in [0.2, 0.25) is 0 Å². The predicted molar refractivity (Wildman–Crippen MR) is 85.0 cm³/mol. The van der Waals surface area contributed by atoms with Crippen LogP contribution in [0, 0.1) is 0 Å². The van der Waals surface area contributed by atoms with Gasteiger partial charge in [0.2, 0.25) is 0 Å². The van der Waals surface area contributed by atoms with E-state index >= 15 is 0 Å². The lowest BCUT2D eigenvalue weighted by Crippen LogP contribution is -2.03. The number of carbonyl (C=O) groups excluding carboxylic acids is 1. The number of aryl methyl sites for hydroxylation is 1. The molecule has 0 aliphatic rings. The van der Waals surface area contributed by atoms with Gasteiger partial charge in [-0.1, -0.05) is 28.9 Å². The fourth-order valence-corrected chi connectivity index (χ4v) is 3.24. The standard InChI is InChI=1S/C15H21BrO2S/c1-3-12-7-8-14(10-13(12)11-16)19-9-5-6-15(17)18-4-2/h7-8,10H,3-6,9,11H2,1-2H3. The van der Waals surface area contributed by atoms with Gasteiger partial charge in [0.1, 0.15) is 0 Å². The van der Waals surface area contributed by atoms with E-state index in [4.69, 9.17) is 4.74 Å². The molecule has 19 heavy (non-hydrogen) atoms. The van der Waals surface area contributed by atoms with E-state index < -0.39 is 0 Å². The van der Waals surface area contributed by atoms with Gasteiger partial charge in [0, 0.05) is 16.6 Å². The van der Waals surface area contributed by atoms with Gasteiger partial charge < -0.3 is 4.74 Å².